The highest BCUT2D eigenvalue weighted by molar-refractivity contribution is 7.89. The fourth-order valence-electron chi connectivity index (χ4n) is 1.86. The Balaban J connectivity index is 3.17. The number of ether oxygens (including phenoxy) is 1. The zero-order valence-electron chi connectivity index (χ0n) is 11.9. The Kier molecular flexibility index (Phi) is 5.73. The van der Waals surface area contributed by atoms with E-state index in [1.807, 2.05) is 0 Å². The molecule has 0 bridgehead atoms. The first-order chi connectivity index (χ1) is 9.38. The summed E-state index contributed by atoms with van der Waals surface area (Å²) < 4.78 is 32.4. The zero-order chi connectivity index (χ0) is 15.3. The van der Waals surface area contributed by atoms with Gasteiger partial charge in [-0.1, -0.05) is 6.92 Å². The maximum Gasteiger partial charge on any atom is 0.352 e. The first kappa shape index (κ1) is 16.7. The van der Waals surface area contributed by atoms with Crippen molar-refractivity contribution in [1.29, 1.82) is 0 Å². The van der Waals surface area contributed by atoms with Crippen LogP contribution in [-0.2, 0) is 21.3 Å². The predicted octanol–water partition coefficient (Wildman–Crippen LogP) is 0.863. The predicted molar refractivity (Wildman–Crippen MR) is 73.4 cm³/mol. The molecule has 0 saturated heterocycles. The highest BCUT2D eigenvalue weighted by Gasteiger charge is 2.26. The van der Waals surface area contributed by atoms with Crippen molar-refractivity contribution in [3.63, 3.8) is 0 Å². The Bertz CT molecular complexity index is 564. The van der Waals surface area contributed by atoms with Crippen LogP contribution in [0.25, 0.3) is 0 Å². The number of hydrogen-bond acceptors (Lipinski definition) is 4. The molecule has 1 aromatic rings. The van der Waals surface area contributed by atoms with Gasteiger partial charge in [0, 0.05) is 32.9 Å². The minimum absolute atomic E-state index is 0.00490. The van der Waals surface area contributed by atoms with Crippen molar-refractivity contribution in [1.82, 2.24) is 8.87 Å². The summed E-state index contributed by atoms with van der Waals surface area (Å²) in [5.41, 5.74) is -0.0335. The molecule has 114 valence electrons. The average molecular weight is 304 g/mol. The van der Waals surface area contributed by atoms with E-state index in [0.29, 0.717) is 13.1 Å². The van der Waals surface area contributed by atoms with E-state index in [-0.39, 0.29) is 23.7 Å². The van der Waals surface area contributed by atoms with Gasteiger partial charge in [-0.2, -0.15) is 4.31 Å². The molecule has 0 aliphatic carbocycles. The second-order valence-electron chi connectivity index (χ2n) is 4.14. The van der Waals surface area contributed by atoms with Crippen LogP contribution in [0, 0.1) is 0 Å². The van der Waals surface area contributed by atoms with E-state index in [0.717, 1.165) is 0 Å². The Morgan fingerprint density at radius 3 is 2.50 bits per heavy atom. The summed E-state index contributed by atoms with van der Waals surface area (Å²) in [5, 5.41) is 9.06. The molecule has 0 spiro atoms. The van der Waals surface area contributed by atoms with Crippen molar-refractivity contribution in [2.45, 2.75) is 25.3 Å². The maximum absolute atomic E-state index is 12.4. The Morgan fingerprint density at radius 1 is 1.45 bits per heavy atom. The number of carboxylic acid groups (broad SMARTS) is 1. The molecule has 8 heteroatoms. The number of aryl methyl sites for hydroxylation is 1. The molecular formula is C12H20N2O5S. The van der Waals surface area contributed by atoms with Crippen LogP contribution in [0.3, 0.4) is 0 Å². The summed E-state index contributed by atoms with van der Waals surface area (Å²) >= 11 is 0. The number of rotatable bonds is 8. The third kappa shape index (κ3) is 3.38. The van der Waals surface area contributed by atoms with Gasteiger partial charge in [-0.25, -0.2) is 13.2 Å². The molecule has 0 fully saturated rings. The summed E-state index contributed by atoms with van der Waals surface area (Å²) in [6, 6.07) is 1.19. The highest BCUT2D eigenvalue weighted by Crippen LogP contribution is 2.19. The van der Waals surface area contributed by atoms with Crippen LogP contribution in [0.15, 0.2) is 17.2 Å². The highest BCUT2D eigenvalue weighted by atomic mass is 32.2. The van der Waals surface area contributed by atoms with Crippen molar-refractivity contribution in [2.75, 3.05) is 26.8 Å². The second kappa shape index (κ2) is 6.87. The number of nitrogens with zero attached hydrogens (tertiary/aromatic N) is 2. The van der Waals surface area contributed by atoms with Crippen LogP contribution in [0.2, 0.25) is 0 Å². The molecule has 1 heterocycles. The average Bonchev–Trinajstić information content (AvgIpc) is 2.84. The first-order valence-electron chi connectivity index (χ1n) is 6.31. The Hall–Kier alpha value is -1.38. The normalized spacial score (nSPS) is 12.0. The first-order valence-corrected chi connectivity index (χ1v) is 7.75. The van der Waals surface area contributed by atoms with Crippen LogP contribution >= 0.6 is 0 Å². The molecule has 0 aromatic carbocycles. The van der Waals surface area contributed by atoms with Crippen molar-refractivity contribution in [3.8, 4) is 0 Å². The lowest BCUT2D eigenvalue weighted by molar-refractivity contribution is 0.0685. The van der Waals surface area contributed by atoms with E-state index < -0.39 is 16.0 Å². The van der Waals surface area contributed by atoms with Crippen LogP contribution in [-0.4, -0.2) is 55.2 Å². The van der Waals surface area contributed by atoms with Gasteiger partial charge in [-0.05, 0) is 13.0 Å². The molecule has 0 unspecified atom stereocenters. The number of sulfonamides is 1. The van der Waals surface area contributed by atoms with Crippen molar-refractivity contribution in [2.24, 2.45) is 0 Å². The number of hydrogen-bond donors (Lipinski definition) is 1. The zero-order valence-corrected chi connectivity index (χ0v) is 12.7. The van der Waals surface area contributed by atoms with Gasteiger partial charge in [0.05, 0.1) is 6.61 Å². The van der Waals surface area contributed by atoms with Crippen molar-refractivity contribution >= 4 is 16.0 Å². The van der Waals surface area contributed by atoms with E-state index in [9.17, 15) is 13.2 Å². The van der Waals surface area contributed by atoms with Crippen LogP contribution in [0.5, 0.6) is 0 Å². The fraction of sp³-hybridized carbons (Fsp3) is 0.583. The van der Waals surface area contributed by atoms with Crippen LogP contribution in [0.1, 0.15) is 24.3 Å². The Morgan fingerprint density at radius 2 is 2.10 bits per heavy atom. The minimum Gasteiger partial charge on any atom is -0.477 e. The molecule has 0 atom stereocenters. The third-order valence-electron chi connectivity index (χ3n) is 2.97. The van der Waals surface area contributed by atoms with E-state index in [1.165, 1.54) is 28.2 Å². The summed E-state index contributed by atoms with van der Waals surface area (Å²) in [5.74, 6) is -1.15. The quantitative estimate of drug-likeness (QED) is 0.769. The standard InChI is InChI=1S/C12H20N2O5S/c1-4-13-9-10(8-11(13)12(15)16)20(17,18)14(5-2)6-7-19-3/h8-9H,4-7H2,1-3H3,(H,15,16). The van der Waals surface area contributed by atoms with Gasteiger partial charge in [0.2, 0.25) is 10.0 Å². The van der Waals surface area contributed by atoms with E-state index in [4.69, 9.17) is 9.84 Å². The van der Waals surface area contributed by atoms with Gasteiger partial charge in [0.1, 0.15) is 10.6 Å². The molecule has 1 N–H and O–H groups in total. The third-order valence-corrected chi connectivity index (χ3v) is 4.91. The lowest BCUT2D eigenvalue weighted by atomic mass is 10.4. The van der Waals surface area contributed by atoms with Gasteiger partial charge in [0.15, 0.2) is 0 Å². The molecule has 1 rings (SSSR count). The van der Waals surface area contributed by atoms with Gasteiger partial charge in [0.25, 0.3) is 0 Å². The Labute approximate surface area is 118 Å². The minimum atomic E-state index is -3.70. The van der Waals surface area contributed by atoms with E-state index in [2.05, 4.69) is 0 Å². The summed E-state index contributed by atoms with van der Waals surface area (Å²) in [7, 11) is -2.20. The number of carboxylic acids is 1. The lowest BCUT2D eigenvalue weighted by Gasteiger charge is -2.19. The topological polar surface area (TPSA) is 88.8 Å². The number of carbonyl (C=O) groups is 1. The molecule has 0 saturated carbocycles. The van der Waals surface area contributed by atoms with Crippen molar-refractivity contribution < 1.29 is 23.1 Å². The summed E-state index contributed by atoms with van der Waals surface area (Å²) in [4.78, 5) is 11.1. The van der Waals surface area contributed by atoms with Gasteiger partial charge in [-0.3, -0.25) is 0 Å². The molecule has 0 amide bonds. The number of likely N-dealkylation sites (N-methyl/N-ethyl adjacent to an activating group) is 1. The summed E-state index contributed by atoms with van der Waals surface area (Å²) in [6.07, 6.45) is 1.36. The number of aromatic nitrogens is 1. The lowest BCUT2D eigenvalue weighted by Crippen LogP contribution is -2.33. The second-order valence-corrected chi connectivity index (χ2v) is 6.08. The molecule has 20 heavy (non-hydrogen) atoms. The van der Waals surface area contributed by atoms with E-state index >= 15 is 0 Å². The maximum atomic E-state index is 12.4. The van der Waals surface area contributed by atoms with Gasteiger partial charge in [-0.15, -0.1) is 0 Å². The monoisotopic (exact) mass is 304 g/mol. The molecule has 1 aromatic heterocycles. The largest absolute Gasteiger partial charge is 0.477 e. The van der Waals surface area contributed by atoms with Gasteiger partial charge >= 0.3 is 5.97 Å². The molecule has 0 aliphatic rings. The van der Waals surface area contributed by atoms with Crippen LogP contribution in [0.4, 0.5) is 0 Å². The van der Waals surface area contributed by atoms with Crippen molar-refractivity contribution in [3.05, 3.63) is 18.0 Å². The summed E-state index contributed by atoms with van der Waals surface area (Å²) in [6.45, 7) is 4.68. The van der Waals surface area contributed by atoms with Gasteiger partial charge < -0.3 is 14.4 Å². The molecular weight excluding hydrogens is 284 g/mol. The smallest absolute Gasteiger partial charge is 0.352 e. The fourth-order valence-corrected chi connectivity index (χ4v) is 3.33. The van der Waals surface area contributed by atoms with Crippen LogP contribution < -0.4 is 0 Å². The molecule has 7 nitrogen and oxygen atoms in total. The number of methoxy groups -OCH3 is 1. The SMILES string of the molecule is CCN(CCOC)S(=O)(=O)c1cc(C(=O)O)n(CC)c1. The number of aromatic carboxylic acids is 1. The molecule has 0 aliphatic heterocycles. The molecule has 0 radical (unpaired) electrons. The van der Waals surface area contributed by atoms with E-state index in [1.54, 1.807) is 13.8 Å².